The maximum Gasteiger partial charge on any atom is 0.293 e. The number of aromatic nitrogens is 1. The number of ether oxygens (including phenoxy) is 1. The molecule has 1 amide bonds. The van der Waals surface area contributed by atoms with Crippen LogP contribution < -0.4 is 10.6 Å². The van der Waals surface area contributed by atoms with Crippen LogP contribution in [0.15, 0.2) is 18.2 Å². The monoisotopic (exact) mass is 362 g/mol. The van der Waals surface area contributed by atoms with Gasteiger partial charge >= 0.3 is 0 Å². The zero-order chi connectivity index (χ0) is 17.8. The first-order chi connectivity index (χ1) is 12.1. The number of anilines is 2. The number of hydrogen-bond donors (Lipinski definition) is 2. The molecule has 1 aromatic heterocycles. The number of amides is 1. The van der Waals surface area contributed by atoms with Crippen molar-refractivity contribution >= 4 is 33.8 Å². The van der Waals surface area contributed by atoms with Crippen molar-refractivity contribution in [2.24, 2.45) is 0 Å². The average Bonchev–Trinajstić information content (AvgIpc) is 3.16. The van der Waals surface area contributed by atoms with Gasteiger partial charge in [0.1, 0.15) is 5.69 Å². The van der Waals surface area contributed by atoms with E-state index in [1.807, 2.05) is 0 Å². The van der Waals surface area contributed by atoms with E-state index in [4.69, 9.17) is 4.74 Å². The quantitative estimate of drug-likeness (QED) is 0.446. The van der Waals surface area contributed by atoms with Gasteiger partial charge in [-0.1, -0.05) is 0 Å². The SMILES string of the molecule is COCCNc1ccc(C(=O)Nc2nc3c(s2)CCC3)cc1[N+](=O)[O-]. The fourth-order valence-electron chi connectivity index (χ4n) is 2.67. The molecule has 2 aromatic rings. The Bertz CT molecular complexity index is 784. The van der Waals surface area contributed by atoms with Crippen LogP contribution in [0.4, 0.5) is 16.5 Å². The molecule has 0 unspecified atom stereocenters. The van der Waals surface area contributed by atoms with Gasteiger partial charge in [0, 0.05) is 30.2 Å². The molecule has 0 atom stereocenters. The predicted molar refractivity (Wildman–Crippen MR) is 95.6 cm³/mol. The number of nitro benzene ring substituents is 1. The smallest absolute Gasteiger partial charge is 0.293 e. The minimum atomic E-state index is -0.510. The molecular weight excluding hydrogens is 344 g/mol. The highest BCUT2D eigenvalue weighted by Gasteiger charge is 2.20. The second kappa shape index (κ2) is 7.58. The minimum absolute atomic E-state index is 0.148. The highest BCUT2D eigenvalue weighted by molar-refractivity contribution is 7.16. The molecule has 8 nitrogen and oxygen atoms in total. The number of nitrogens with zero attached hydrogens (tertiary/aromatic N) is 2. The van der Waals surface area contributed by atoms with Crippen LogP contribution in [-0.2, 0) is 17.6 Å². The summed E-state index contributed by atoms with van der Waals surface area (Å²) in [4.78, 5) is 28.8. The molecule has 0 spiro atoms. The fourth-order valence-corrected chi connectivity index (χ4v) is 3.72. The molecule has 132 valence electrons. The lowest BCUT2D eigenvalue weighted by atomic mass is 10.1. The highest BCUT2D eigenvalue weighted by Crippen LogP contribution is 2.31. The largest absolute Gasteiger partial charge is 0.383 e. The molecule has 3 rings (SSSR count). The standard InChI is InChI=1S/C16H18N4O4S/c1-24-8-7-17-11-6-5-10(9-13(11)20(22)23)15(21)19-16-18-12-3-2-4-14(12)25-16/h5-6,9,17H,2-4,7-8H2,1H3,(H,18,19,21). The second-order valence-electron chi connectivity index (χ2n) is 5.61. The van der Waals surface area contributed by atoms with Crippen LogP contribution in [0.25, 0.3) is 0 Å². The van der Waals surface area contributed by atoms with Gasteiger partial charge in [-0.25, -0.2) is 4.98 Å². The lowest BCUT2D eigenvalue weighted by molar-refractivity contribution is -0.384. The number of nitrogens with one attached hydrogen (secondary N) is 2. The number of carbonyl (C=O) groups is 1. The molecule has 0 aliphatic heterocycles. The van der Waals surface area contributed by atoms with Crippen LogP contribution in [0, 0.1) is 10.1 Å². The number of thiazole rings is 1. The number of benzene rings is 1. The molecule has 1 aliphatic rings. The van der Waals surface area contributed by atoms with Gasteiger partial charge in [-0.3, -0.25) is 20.2 Å². The lowest BCUT2D eigenvalue weighted by Crippen LogP contribution is -2.13. The zero-order valence-corrected chi connectivity index (χ0v) is 14.5. The van der Waals surface area contributed by atoms with Gasteiger partial charge < -0.3 is 10.1 Å². The number of methoxy groups -OCH3 is 1. The Morgan fingerprint density at radius 1 is 1.44 bits per heavy atom. The lowest BCUT2D eigenvalue weighted by Gasteiger charge is -2.08. The maximum atomic E-state index is 12.4. The summed E-state index contributed by atoms with van der Waals surface area (Å²) in [6, 6.07) is 4.36. The van der Waals surface area contributed by atoms with Gasteiger partial charge in [-0.05, 0) is 31.4 Å². The molecule has 9 heteroatoms. The van der Waals surface area contributed by atoms with Crippen LogP contribution in [0.3, 0.4) is 0 Å². The summed E-state index contributed by atoms with van der Waals surface area (Å²) in [5.74, 6) is -0.404. The van der Waals surface area contributed by atoms with Crippen molar-refractivity contribution < 1.29 is 14.5 Å². The summed E-state index contributed by atoms with van der Waals surface area (Å²) >= 11 is 1.47. The Balaban J connectivity index is 1.75. The van der Waals surface area contributed by atoms with Crippen molar-refractivity contribution in [3.63, 3.8) is 0 Å². The number of rotatable bonds is 7. The zero-order valence-electron chi connectivity index (χ0n) is 13.7. The second-order valence-corrected chi connectivity index (χ2v) is 6.69. The molecule has 0 radical (unpaired) electrons. The van der Waals surface area contributed by atoms with E-state index in [9.17, 15) is 14.9 Å². The van der Waals surface area contributed by atoms with E-state index in [0.717, 1.165) is 25.0 Å². The van der Waals surface area contributed by atoms with Crippen molar-refractivity contribution in [1.82, 2.24) is 4.98 Å². The maximum absolute atomic E-state index is 12.4. The third-order valence-corrected chi connectivity index (χ3v) is 4.97. The molecule has 25 heavy (non-hydrogen) atoms. The van der Waals surface area contributed by atoms with Gasteiger partial charge in [-0.15, -0.1) is 11.3 Å². The summed E-state index contributed by atoms with van der Waals surface area (Å²) in [5.41, 5.74) is 1.47. The Morgan fingerprint density at radius 2 is 2.28 bits per heavy atom. The molecule has 1 aliphatic carbocycles. The molecule has 0 bridgehead atoms. The van der Waals surface area contributed by atoms with Gasteiger partial charge in [0.25, 0.3) is 11.6 Å². The molecule has 1 heterocycles. The average molecular weight is 362 g/mol. The molecule has 1 aromatic carbocycles. The van der Waals surface area contributed by atoms with E-state index in [0.29, 0.717) is 24.0 Å². The van der Waals surface area contributed by atoms with Crippen molar-refractivity contribution in [1.29, 1.82) is 0 Å². The number of carbonyl (C=O) groups excluding carboxylic acids is 1. The number of nitro groups is 1. The van der Waals surface area contributed by atoms with Crippen LogP contribution in [-0.4, -0.2) is 36.1 Å². The Hall–Kier alpha value is -2.52. The number of aryl methyl sites for hydroxylation is 2. The fraction of sp³-hybridized carbons (Fsp3) is 0.375. The van der Waals surface area contributed by atoms with E-state index in [1.54, 1.807) is 13.2 Å². The summed E-state index contributed by atoms with van der Waals surface area (Å²) in [5, 5.41) is 17.5. The minimum Gasteiger partial charge on any atom is -0.383 e. The molecule has 0 fully saturated rings. The van der Waals surface area contributed by atoms with Crippen LogP contribution in [0.5, 0.6) is 0 Å². The first kappa shape index (κ1) is 17.3. The van der Waals surface area contributed by atoms with Crippen molar-refractivity contribution in [3.05, 3.63) is 44.4 Å². The predicted octanol–water partition coefficient (Wildman–Crippen LogP) is 2.85. The third-order valence-electron chi connectivity index (χ3n) is 3.89. The van der Waals surface area contributed by atoms with Gasteiger partial charge in [-0.2, -0.15) is 0 Å². The van der Waals surface area contributed by atoms with Gasteiger partial charge in [0.15, 0.2) is 5.13 Å². The third kappa shape index (κ3) is 3.94. The number of hydrogen-bond acceptors (Lipinski definition) is 7. The van der Waals surface area contributed by atoms with E-state index in [-0.39, 0.29) is 11.3 Å². The molecular formula is C16H18N4O4S. The summed E-state index contributed by atoms with van der Waals surface area (Å²) in [7, 11) is 1.55. The Morgan fingerprint density at radius 3 is 3.00 bits per heavy atom. The Kier molecular flexibility index (Phi) is 5.25. The molecule has 2 N–H and O–H groups in total. The molecule has 0 saturated heterocycles. The van der Waals surface area contributed by atoms with Gasteiger partial charge in [0.2, 0.25) is 0 Å². The van der Waals surface area contributed by atoms with E-state index in [1.165, 1.54) is 28.3 Å². The normalized spacial score (nSPS) is 12.7. The van der Waals surface area contributed by atoms with E-state index < -0.39 is 10.8 Å². The summed E-state index contributed by atoms with van der Waals surface area (Å²) < 4.78 is 4.92. The highest BCUT2D eigenvalue weighted by atomic mass is 32.1. The van der Waals surface area contributed by atoms with Crippen molar-refractivity contribution in [2.45, 2.75) is 19.3 Å². The van der Waals surface area contributed by atoms with Crippen LogP contribution in [0.2, 0.25) is 0 Å². The van der Waals surface area contributed by atoms with Gasteiger partial charge in [0.05, 0.1) is 17.2 Å². The van der Waals surface area contributed by atoms with E-state index in [2.05, 4.69) is 15.6 Å². The van der Waals surface area contributed by atoms with Crippen molar-refractivity contribution in [2.75, 3.05) is 30.9 Å². The van der Waals surface area contributed by atoms with Crippen LogP contribution in [0.1, 0.15) is 27.3 Å². The van der Waals surface area contributed by atoms with E-state index >= 15 is 0 Å². The first-order valence-electron chi connectivity index (χ1n) is 7.89. The molecule has 0 saturated carbocycles. The summed E-state index contributed by atoms with van der Waals surface area (Å²) in [6.07, 6.45) is 3.04. The van der Waals surface area contributed by atoms with Crippen molar-refractivity contribution in [3.8, 4) is 0 Å². The Labute approximate surface area is 148 Å². The topological polar surface area (TPSA) is 106 Å². The summed E-state index contributed by atoms with van der Waals surface area (Å²) in [6.45, 7) is 0.863. The van der Waals surface area contributed by atoms with Crippen LogP contribution >= 0.6 is 11.3 Å². The first-order valence-corrected chi connectivity index (χ1v) is 8.71. The number of fused-ring (bicyclic) bond motifs is 1.